The van der Waals surface area contributed by atoms with Crippen LogP contribution in [-0.2, 0) is 23.5 Å². The maximum absolute atomic E-state index is 11.4. The second-order valence-electron chi connectivity index (χ2n) is 5.81. The van der Waals surface area contributed by atoms with Crippen LogP contribution in [0.25, 0.3) is 0 Å². The molecule has 0 aliphatic rings. The van der Waals surface area contributed by atoms with E-state index in [0.29, 0.717) is 12.8 Å². The summed E-state index contributed by atoms with van der Waals surface area (Å²) in [5, 5.41) is 0. The molecule has 0 spiro atoms. The third-order valence-electron chi connectivity index (χ3n) is 2.78. The molecular weight excluding hydrogens is 276 g/mol. The van der Waals surface area contributed by atoms with Gasteiger partial charge in [0.25, 0.3) is 0 Å². The van der Waals surface area contributed by atoms with Crippen LogP contribution in [0.1, 0.15) is 38.5 Å². The van der Waals surface area contributed by atoms with Crippen LogP contribution < -0.4 is 0 Å². The monoisotopic (exact) mass is 304 g/mol. The highest BCUT2D eigenvalue weighted by atomic mass is 28.4. The van der Waals surface area contributed by atoms with E-state index < -0.39 is 8.32 Å². The van der Waals surface area contributed by atoms with Gasteiger partial charge in [0.15, 0.2) is 8.32 Å². The minimum Gasteiger partial charge on any atom is -0.469 e. The lowest BCUT2D eigenvalue weighted by atomic mass is 10.1. The van der Waals surface area contributed by atoms with Gasteiger partial charge in [-0.25, -0.2) is 0 Å². The maximum atomic E-state index is 11.4. The molecule has 0 rings (SSSR count). The van der Waals surface area contributed by atoms with Gasteiger partial charge < -0.3 is 13.9 Å². The molecule has 1 atom stereocenters. The van der Waals surface area contributed by atoms with Crippen LogP contribution in [0.5, 0.6) is 0 Å². The molecule has 118 valence electrons. The van der Waals surface area contributed by atoms with E-state index >= 15 is 0 Å². The van der Waals surface area contributed by atoms with Gasteiger partial charge >= 0.3 is 11.9 Å². The van der Waals surface area contributed by atoms with Crippen molar-refractivity contribution in [1.82, 2.24) is 0 Å². The molecule has 0 heterocycles. The van der Waals surface area contributed by atoms with Crippen molar-refractivity contribution >= 4 is 20.3 Å². The van der Waals surface area contributed by atoms with E-state index in [4.69, 9.17) is 9.16 Å². The van der Waals surface area contributed by atoms with Crippen LogP contribution in [0.15, 0.2) is 0 Å². The fraction of sp³-hybridized carbons (Fsp3) is 0.857. The molecule has 0 bridgehead atoms. The van der Waals surface area contributed by atoms with Crippen molar-refractivity contribution < 1.29 is 23.5 Å². The van der Waals surface area contributed by atoms with E-state index in [-0.39, 0.29) is 18.0 Å². The molecular formula is C14H28O5Si. The SMILES string of the molecule is COC(=O)CCCCCC(CC(=O)OC)O[Si](C)(C)C. The molecule has 0 saturated heterocycles. The summed E-state index contributed by atoms with van der Waals surface area (Å²) in [5.41, 5.74) is 0. The topological polar surface area (TPSA) is 61.8 Å². The van der Waals surface area contributed by atoms with Crippen molar-refractivity contribution in [3.63, 3.8) is 0 Å². The van der Waals surface area contributed by atoms with Crippen molar-refractivity contribution in [2.24, 2.45) is 0 Å². The minimum absolute atomic E-state index is 0.0766. The number of unbranched alkanes of at least 4 members (excludes halogenated alkanes) is 2. The number of hydrogen-bond donors (Lipinski definition) is 0. The van der Waals surface area contributed by atoms with Gasteiger partial charge in [-0.05, 0) is 32.5 Å². The first-order valence-corrected chi connectivity index (χ1v) is 10.5. The van der Waals surface area contributed by atoms with Crippen molar-refractivity contribution in [1.29, 1.82) is 0 Å². The molecule has 1 unspecified atom stereocenters. The highest BCUT2D eigenvalue weighted by Gasteiger charge is 2.23. The molecule has 6 heteroatoms. The van der Waals surface area contributed by atoms with Crippen LogP contribution in [0, 0.1) is 0 Å². The lowest BCUT2D eigenvalue weighted by Crippen LogP contribution is -2.33. The lowest BCUT2D eigenvalue weighted by molar-refractivity contribution is -0.142. The van der Waals surface area contributed by atoms with E-state index in [1.165, 1.54) is 14.2 Å². The van der Waals surface area contributed by atoms with Gasteiger partial charge in [0.1, 0.15) is 0 Å². The molecule has 0 aliphatic heterocycles. The van der Waals surface area contributed by atoms with Crippen LogP contribution in [0.3, 0.4) is 0 Å². The molecule has 20 heavy (non-hydrogen) atoms. The molecule has 0 N–H and O–H groups in total. The fourth-order valence-electron chi connectivity index (χ4n) is 1.89. The quantitative estimate of drug-likeness (QED) is 0.353. The van der Waals surface area contributed by atoms with E-state index in [1.807, 2.05) is 0 Å². The van der Waals surface area contributed by atoms with E-state index in [9.17, 15) is 9.59 Å². The average molecular weight is 304 g/mol. The highest BCUT2D eigenvalue weighted by Crippen LogP contribution is 2.17. The number of ether oxygens (including phenoxy) is 2. The summed E-state index contributed by atoms with van der Waals surface area (Å²) in [6.07, 6.45) is 4.17. The Balaban J connectivity index is 4.03. The van der Waals surface area contributed by atoms with Gasteiger partial charge in [-0.15, -0.1) is 0 Å². The number of hydrogen-bond acceptors (Lipinski definition) is 5. The number of methoxy groups -OCH3 is 2. The Labute approximate surface area is 123 Å². The van der Waals surface area contributed by atoms with Crippen LogP contribution in [-0.4, -0.2) is 40.6 Å². The second-order valence-corrected chi connectivity index (χ2v) is 10.3. The Morgan fingerprint density at radius 2 is 1.55 bits per heavy atom. The molecule has 5 nitrogen and oxygen atoms in total. The third kappa shape index (κ3) is 11.0. The normalized spacial score (nSPS) is 12.8. The van der Waals surface area contributed by atoms with Crippen LogP contribution in [0.4, 0.5) is 0 Å². The Bertz CT molecular complexity index is 298. The van der Waals surface area contributed by atoms with E-state index in [0.717, 1.165) is 25.7 Å². The second kappa shape index (κ2) is 9.93. The summed E-state index contributed by atoms with van der Waals surface area (Å²) in [4.78, 5) is 22.4. The van der Waals surface area contributed by atoms with Gasteiger partial charge in [0, 0.05) is 6.42 Å². The van der Waals surface area contributed by atoms with Crippen molar-refractivity contribution in [2.75, 3.05) is 14.2 Å². The minimum atomic E-state index is -1.67. The number of rotatable bonds is 10. The molecule has 0 aromatic carbocycles. The molecule has 0 aromatic heterocycles. The Morgan fingerprint density at radius 3 is 2.05 bits per heavy atom. The number of carbonyl (C=O) groups excluding carboxylic acids is 2. The molecule has 0 saturated carbocycles. The first-order valence-electron chi connectivity index (χ1n) is 7.10. The van der Waals surface area contributed by atoms with Crippen LogP contribution in [0.2, 0.25) is 19.6 Å². The summed E-state index contributed by atoms with van der Waals surface area (Å²) in [6, 6.07) is 0. The average Bonchev–Trinajstić information content (AvgIpc) is 2.35. The fourth-order valence-corrected chi connectivity index (χ4v) is 3.09. The highest BCUT2D eigenvalue weighted by molar-refractivity contribution is 6.69. The van der Waals surface area contributed by atoms with Gasteiger partial charge in [-0.1, -0.05) is 12.8 Å². The predicted molar refractivity (Wildman–Crippen MR) is 80.0 cm³/mol. The van der Waals surface area contributed by atoms with Gasteiger partial charge in [0.05, 0.1) is 26.7 Å². The molecule has 0 aromatic rings. The number of esters is 2. The lowest BCUT2D eigenvalue weighted by Gasteiger charge is -2.25. The first-order chi connectivity index (χ1) is 9.28. The zero-order valence-electron chi connectivity index (χ0n) is 13.4. The molecule has 0 fully saturated rings. The van der Waals surface area contributed by atoms with Gasteiger partial charge in [0.2, 0.25) is 0 Å². The van der Waals surface area contributed by atoms with Crippen LogP contribution >= 0.6 is 0 Å². The zero-order chi connectivity index (χ0) is 15.6. The summed E-state index contributed by atoms with van der Waals surface area (Å²) in [6.45, 7) is 6.32. The summed E-state index contributed by atoms with van der Waals surface area (Å²) in [5.74, 6) is -0.405. The number of carbonyl (C=O) groups is 2. The first kappa shape index (κ1) is 19.1. The van der Waals surface area contributed by atoms with Gasteiger partial charge in [-0.3, -0.25) is 9.59 Å². The largest absolute Gasteiger partial charge is 0.469 e. The van der Waals surface area contributed by atoms with Crippen molar-refractivity contribution in [2.45, 2.75) is 64.3 Å². The van der Waals surface area contributed by atoms with Crippen molar-refractivity contribution in [3.8, 4) is 0 Å². The Kier molecular flexibility index (Phi) is 9.49. The maximum Gasteiger partial charge on any atom is 0.308 e. The van der Waals surface area contributed by atoms with Gasteiger partial charge in [-0.2, -0.15) is 0 Å². The molecule has 0 amide bonds. The zero-order valence-corrected chi connectivity index (χ0v) is 14.4. The van der Waals surface area contributed by atoms with E-state index in [2.05, 4.69) is 24.4 Å². The smallest absolute Gasteiger partial charge is 0.308 e. The third-order valence-corrected chi connectivity index (χ3v) is 3.82. The summed E-state index contributed by atoms with van der Waals surface area (Å²) < 4.78 is 15.3. The Morgan fingerprint density at radius 1 is 0.950 bits per heavy atom. The summed E-state index contributed by atoms with van der Waals surface area (Å²) >= 11 is 0. The summed E-state index contributed by atoms with van der Waals surface area (Å²) in [7, 11) is 1.12. The van der Waals surface area contributed by atoms with E-state index in [1.54, 1.807) is 0 Å². The Hall–Kier alpha value is -0.883. The van der Waals surface area contributed by atoms with Crippen molar-refractivity contribution in [3.05, 3.63) is 0 Å². The standard InChI is InChI=1S/C14H28O5Si/c1-17-13(15)10-8-6-7-9-12(11-14(16)18-2)19-20(3,4)5/h12H,6-11H2,1-5H3. The predicted octanol–water partition coefficient (Wildman–Crippen LogP) is 2.89. The molecule has 0 radical (unpaired) electrons. The molecule has 0 aliphatic carbocycles.